The maximum Gasteiger partial charge on any atom is 0.0695 e. The van der Waals surface area contributed by atoms with Crippen LogP contribution >= 0.6 is 11.6 Å². The summed E-state index contributed by atoms with van der Waals surface area (Å²) in [6, 6.07) is 8.87. The fourth-order valence-electron chi connectivity index (χ4n) is 3.67. The summed E-state index contributed by atoms with van der Waals surface area (Å²) < 4.78 is 0. The molecule has 2 N–H and O–H groups in total. The molecule has 1 saturated carbocycles. The molecule has 2 fully saturated rings. The number of rotatable bonds is 3. The Morgan fingerprint density at radius 2 is 1.67 bits per heavy atom. The van der Waals surface area contributed by atoms with Gasteiger partial charge in [-0.05, 0) is 49.9 Å². The van der Waals surface area contributed by atoms with Gasteiger partial charge in [-0.15, -0.1) is 0 Å². The van der Waals surface area contributed by atoms with Crippen molar-refractivity contribution in [3.8, 4) is 0 Å². The number of hydrogen-bond acceptors (Lipinski definition) is 3. The average Bonchev–Trinajstić information content (AvgIpc) is 2.51. The minimum absolute atomic E-state index is 0.112. The standard InChI is InChI=1S/C17H25ClN2O/c18-13-5-7-14(8-6-13)19-15-9-11-20(12-10-15)16-3-1-2-4-17(16)21/h5-8,15-17,19,21H,1-4,9-12H2. The Morgan fingerprint density at radius 3 is 2.33 bits per heavy atom. The number of halogens is 1. The van der Waals surface area contributed by atoms with E-state index in [0.29, 0.717) is 12.1 Å². The second-order valence-corrected chi connectivity index (χ2v) is 6.82. The van der Waals surface area contributed by atoms with Crippen LogP contribution in [0.2, 0.25) is 5.02 Å². The fourth-order valence-corrected chi connectivity index (χ4v) is 3.80. The van der Waals surface area contributed by atoms with Gasteiger partial charge in [-0.2, -0.15) is 0 Å². The molecule has 0 bridgehead atoms. The first-order valence-corrected chi connectivity index (χ1v) is 8.54. The highest BCUT2D eigenvalue weighted by Gasteiger charge is 2.31. The van der Waals surface area contributed by atoms with E-state index in [2.05, 4.69) is 10.2 Å². The SMILES string of the molecule is OC1CCCCC1N1CCC(Nc2ccc(Cl)cc2)CC1. The summed E-state index contributed by atoms with van der Waals surface area (Å²) >= 11 is 5.92. The number of piperidine rings is 1. The van der Waals surface area contributed by atoms with Gasteiger partial charge in [0.25, 0.3) is 0 Å². The third-order valence-electron chi connectivity index (χ3n) is 4.91. The molecule has 0 aromatic heterocycles. The lowest BCUT2D eigenvalue weighted by Gasteiger charge is -2.41. The van der Waals surface area contributed by atoms with E-state index in [4.69, 9.17) is 11.6 Å². The molecular formula is C17H25ClN2O. The second kappa shape index (κ2) is 6.99. The molecule has 1 aliphatic carbocycles. The number of nitrogens with one attached hydrogen (secondary N) is 1. The van der Waals surface area contributed by atoms with E-state index >= 15 is 0 Å². The molecule has 4 heteroatoms. The van der Waals surface area contributed by atoms with Crippen molar-refractivity contribution < 1.29 is 5.11 Å². The van der Waals surface area contributed by atoms with Gasteiger partial charge in [-0.25, -0.2) is 0 Å². The number of hydrogen-bond donors (Lipinski definition) is 2. The van der Waals surface area contributed by atoms with E-state index in [1.54, 1.807) is 0 Å². The fraction of sp³-hybridized carbons (Fsp3) is 0.647. The Kier molecular flexibility index (Phi) is 5.04. The molecule has 3 rings (SSSR count). The number of anilines is 1. The summed E-state index contributed by atoms with van der Waals surface area (Å²) in [5.74, 6) is 0. The van der Waals surface area contributed by atoms with Gasteiger partial charge in [0.1, 0.15) is 0 Å². The van der Waals surface area contributed by atoms with Crippen LogP contribution in [0.3, 0.4) is 0 Å². The van der Waals surface area contributed by atoms with Crippen LogP contribution in [0.1, 0.15) is 38.5 Å². The van der Waals surface area contributed by atoms with Crippen molar-refractivity contribution in [3.63, 3.8) is 0 Å². The lowest BCUT2D eigenvalue weighted by Crippen LogP contribution is -2.50. The Hall–Kier alpha value is -0.770. The highest BCUT2D eigenvalue weighted by molar-refractivity contribution is 6.30. The van der Waals surface area contributed by atoms with E-state index < -0.39 is 0 Å². The summed E-state index contributed by atoms with van der Waals surface area (Å²) in [7, 11) is 0. The molecule has 1 saturated heterocycles. The molecule has 3 nitrogen and oxygen atoms in total. The average molecular weight is 309 g/mol. The predicted octanol–water partition coefficient (Wildman–Crippen LogP) is 3.52. The van der Waals surface area contributed by atoms with Gasteiger partial charge in [0.15, 0.2) is 0 Å². The van der Waals surface area contributed by atoms with Crippen LogP contribution in [-0.4, -0.2) is 41.3 Å². The van der Waals surface area contributed by atoms with E-state index in [-0.39, 0.29) is 6.10 Å². The first-order chi connectivity index (χ1) is 10.2. The van der Waals surface area contributed by atoms with Gasteiger partial charge in [-0.3, -0.25) is 4.90 Å². The number of aliphatic hydroxyl groups is 1. The lowest BCUT2D eigenvalue weighted by atomic mass is 9.89. The molecule has 2 aliphatic rings. The van der Waals surface area contributed by atoms with Crippen LogP contribution < -0.4 is 5.32 Å². The Morgan fingerprint density at radius 1 is 1.00 bits per heavy atom. The maximum atomic E-state index is 10.2. The number of nitrogens with zero attached hydrogens (tertiary/aromatic N) is 1. The molecule has 2 atom stereocenters. The van der Waals surface area contributed by atoms with E-state index in [9.17, 15) is 5.11 Å². The van der Waals surface area contributed by atoms with Crippen LogP contribution in [-0.2, 0) is 0 Å². The van der Waals surface area contributed by atoms with Crippen molar-refractivity contribution in [1.82, 2.24) is 4.90 Å². The van der Waals surface area contributed by atoms with E-state index in [1.165, 1.54) is 12.8 Å². The van der Waals surface area contributed by atoms with Crippen LogP contribution in [0.4, 0.5) is 5.69 Å². The van der Waals surface area contributed by atoms with Gasteiger partial charge in [-0.1, -0.05) is 24.4 Å². The Balaban J connectivity index is 1.49. The normalized spacial score (nSPS) is 28.5. The molecule has 21 heavy (non-hydrogen) atoms. The molecule has 1 heterocycles. The summed E-state index contributed by atoms with van der Waals surface area (Å²) in [6.07, 6.45) is 6.78. The number of aliphatic hydroxyl groups excluding tert-OH is 1. The zero-order valence-corrected chi connectivity index (χ0v) is 13.2. The summed E-state index contributed by atoms with van der Waals surface area (Å²) in [6.45, 7) is 2.18. The molecule has 0 amide bonds. The molecule has 116 valence electrons. The molecule has 1 aromatic carbocycles. The zero-order chi connectivity index (χ0) is 14.7. The van der Waals surface area contributed by atoms with E-state index in [0.717, 1.165) is 49.5 Å². The largest absolute Gasteiger partial charge is 0.391 e. The van der Waals surface area contributed by atoms with Crippen molar-refractivity contribution in [1.29, 1.82) is 0 Å². The van der Waals surface area contributed by atoms with Crippen molar-refractivity contribution >= 4 is 17.3 Å². The van der Waals surface area contributed by atoms with Crippen LogP contribution in [0, 0.1) is 0 Å². The molecule has 0 spiro atoms. The Labute approximate surface area is 132 Å². The lowest BCUT2D eigenvalue weighted by molar-refractivity contribution is 0.00994. The van der Waals surface area contributed by atoms with Crippen molar-refractivity contribution in [2.45, 2.75) is 56.7 Å². The molecule has 0 radical (unpaired) electrons. The van der Waals surface area contributed by atoms with Gasteiger partial charge in [0.05, 0.1) is 6.10 Å². The monoisotopic (exact) mass is 308 g/mol. The third kappa shape index (κ3) is 3.91. The topological polar surface area (TPSA) is 35.5 Å². The molecule has 1 aromatic rings. The molecule has 2 unspecified atom stereocenters. The minimum atomic E-state index is -0.112. The van der Waals surface area contributed by atoms with Gasteiger partial charge < -0.3 is 10.4 Å². The first kappa shape index (κ1) is 15.1. The molecular weight excluding hydrogens is 284 g/mol. The van der Waals surface area contributed by atoms with Crippen molar-refractivity contribution in [3.05, 3.63) is 29.3 Å². The van der Waals surface area contributed by atoms with Crippen molar-refractivity contribution in [2.75, 3.05) is 18.4 Å². The maximum absolute atomic E-state index is 10.2. The smallest absolute Gasteiger partial charge is 0.0695 e. The van der Waals surface area contributed by atoms with Gasteiger partial charge in [0, 0.05) is 35.9 Å². The molecule has 1 aliphatic heterocycles. The summed E-state index contributed by atoms with van der Waals surface area (Å²) in [4.78, 5) is 2.50. The third-order valence-corrected chi connectivity index (χ3v) is 5.16. The zero-order valence-electron chi connectivity index (χ0n) is 12.5. The highest BCUT2D eigenvalue weighted by atomic mass is 35.5. The van der Waals surface area contributed by atoms with Crippen LogP contribution in [0.15, 0.2) is 24.3 Å². The van der Waals surface area contributed by atoms with Gasteiger partial charge >= 0.3 is 0 Å². The van der Waals surface area contributed by atoms with Crippen LogP contribution in [0.5, 0.6) is 0 Å². The second-order valence-electron chi connectivity index (χ2n) is 6.38. The minimum Gasteiger partial charge on any atom is -0.391 e. The quantitative estimate of drug-likeness (QED) is 0.897. The van der Waals surface area contributed by atoms with E-state index in [1.807, 2.05) is 24.3 Å². The van der Waals surface area contributed by atoms with Crippen LogP contribution in [0.25, 0.3) is 0 Å². The summed E-state index contributed by atoms with van der Waals surface area (Å²) in [5.41, 5.74) is 1.15. The predicted molar refractivity (Wildman–Crippen MR) is 87.9 cm³/mol. The van der Waals surface area contributed by atoms with Crippen molar-refractivity contribution in [2.24, 2.45) is 0 Å². The highest BCUT2D eigenvalue weighted by Crippen LogP contribution is 2.27. The Bertz CT molecular complexity index is 443. The number of benzene rings is 1. The number of likely N-dealkylation sites (tertiary alicyclic amines) is 1. The van der Waals surface area contributed by atoms with Gasteiger partial charge in [0.2, 0.25) is 0 Å². The first-order valence-electron chi connectivity index (χ1n) is 8.16. The summed E-state index contributed by atoms with van der Waals surface area (Å²) in [5, 5.41) is 14.6.